The Kier molecular flexibility index (Phi) is 3.86. The van der Waals surface area contributed by atoms with Gasteiger partial charge in [-0.1, -0.05) is 31.2 Å². The minimum Gasteiger partial charge on any atom is -0.384 e. The standard InChI is InChI=1S/C21H18N4/c1-2-18-16(9-11-20(22)24-18)17-7-3-5-14-8-10-19(25-21(14)17)15-6-4-12-23-13-15/h3-13H,2H2,1H3,(H2,22,24). The van der Waals surface area contributed by atoms with Gasteiger partial charge >= 0.3 is 0 Å². The molecule has 3 heterocycles. The molecule has 25 heavy (non-hydrogen) atoms. The number of aryl methyl sites for hydroxylation is 1. The molecular weight excluding hydrogens is 308 g/mol. The maximum absolute atomic E-state index is 5.86. The Morgan fingerprint density at radius 1 is 0.880 bits per heavy atom. The third-order valence-corrected chi connectivity index (χ3v) is 4.30. The summed E-state index contributed by atoms with van der Waals surface area (Å²) in [6, 6.07) is 18.2. The molecule has 0 bridgehead atoms. The first-order chi connectivity index (χ1) is 12.3. The van der Waals surface area contributed by atoms with E-state index in [0.29, 0.717) is 5.82 Å². The van der Waals surface area contributed by atoms with E-state index in [1.54, 1.807) is 6.20 Å². The van der Waals surface area contributed by atoms with Crippen LogP contribution in [0.5, 0.6) is 0 Å². The summed E-state index contributed by atoms with van der Waals surface area (Å²) in [5, 5.41) is 1.10. The fraction of sp³-hybridized carbons (Fsp3) is 0.0952. The SMILES string of the molecule is CCc1nc(N)ccc1-c1cccc2ccc(-c3cccnc3)nc12. The highest BCUT2D eigenvalue weighted by Gasteiger charge is 2.11. The highest BCUT2D eigenvalue weighted by Crippen LogP contribution is 2.31. The van der Waals surface area contributed by atoms with Gasteiger partial charge in [-0.05, 0) is 36.8 Å². The molecule has 0 fully saturated rings. The summed E-state index contributed by atoms with van der Waals surface area (Å²) in [7, 11) is 0. The Morgan fingerprint density at radius 3 is 2.60 bits per heavy atom. The third kappa shape index (κ3) is 2.83. The topological polar surface area (TPSA) is 64.7 Å². The molecule has 1 aromatic carbocycles. The number of benzene rings is 1. The summed E-state index contributed by atoms with van der Waals surface area (Å²) in [4.78, 5) is 13.6. The monoisotopic (exact) mass is 326 g/mol. The third-order valence-electron chi connectivity index (χ3n) is 4.30. The summed E-state index contributed by atoms with van der Waals surface area (Å²) in [6.45, 7) is 2.09. The number of aromatic nitrogens is 3. The van der Waals surface area contributed by atoms with Crippen molar-refractivity contribution >= 4 is 16.7 Å². The lowest BCUT2D eigenvalue weighted by Crippen LogP contribution is -1.98. The van der Waals surface area contributed by atoms with E-state index in [1.165, 1.54) is 0 Å². The molecule has 2 N–H and O–H groups in total. The predicted octanol–water partition coefficient (Wildman–Crippen LogP) is 4.50. The molecule has 4 heteroatoms. The van der Waals surface area contributed by atoms with Crippen LogP contribution in [0.15, 0.2) is 67.0 Å². The van der Waals surface area contributed by atoms with Crippen LogP contribution in [0.3, 0.4) is 0 Å². The maximum Gasteiger partial charge on any atom is 0.123 e. The molecule has 0 spiro atoms. The number of nitrogens with two attached hydrogens (primary N) is 1. The molecule has 0 aliphatic heterocycles. The van der Waals surface area contributed by atoms with Crippen LogP contribution in [0.2, 0.25) is 0 Å². The van der Waals surface area contributed by atoms with Gasteiger partial charge in [-0.15, -0.1) is 0 Å². The zero-order valence-electron chi connectivity index (χ0n) is 14.0. The quantitative estimate of drug-likeness (QED) is 0.602. The van der Waals surface area contributed by atoms with Crippen LogP contribution in [0.4, 0.5) is 5.82 Å². The highest BCUT2D eigenvalue weighted by atomic mass is 14.8. The zero-order valence-corrected chi connectivity index (χ0v) is 14.0. The molecule has 0 saturated carbocycles. The van der Waals surface area contributed by atoms with Gasteiger partial charge in [0.05, 0.1) is 16.9 Å². The molecule has 0 aliphatic carbocycles. The minimum absolute atomic E-state index is 0.546. The lowest BCUT2D eigenvalue weighted by molar-refractivity contribution is 1.05. The number of hydrogen-bond acceptors (Lipinski definition) is 4. The Bertz CT molecular complexity index is 1040. The number of rotatable bonds is 3. The molecule has 3 aromatic heterocycles. The molecule has 0 unspecified atom stereocenters. The van der Waals surface area contributed by atoms with Crippen LogP contribution < -0.4 is 5.73 Å². The van der Waals surface area contributed by atoms with Gasteiger partial charge < -0.3 is 5.73 Å². The van der Waals surface area contributed by atoms with E-state index < -0.39 is 0 Å². The van der Waals surface area contributed by atoms with Crippen molar-refractivity contribution in [1.29, 1.82) is 0 Å². The van der Waals surface area contributed by atoms with E-state index in [9.17, 15) is 0 Å². The predicted molar refractivity (Wildman–Crippen MR) is 102 cm³/mol. The number of nitrogen functional groups attached to an aromatic ring is 1. The van der Waals surface area contributed by atoms with Gasteiger partial charge in [0.25, 0.3) is 0 Å². The molecule has 0 atom stereocenters. The summed E-state index contributed by atoms with van der Waals surface area (Å²) in [5.41, 5.74) is 11.9. The lowest BCUT2D eigenvalue weighted by atomic mass is 9.99. The summed E-state index contributed by atoms with van der Waals surface area (Å²) >= 11 is 0. The van der Waals surface area contributed by atoms with Crippen molar-refractivity contribution in [3.8, 4) is 22.4 Å². The maximum atomic E-state index is 5.86. The van der Waals surface area contributed by atoms with Crippen LogP contribution in [0.1, 0.15) is 12.6 Å². The first kappa shape index (κ1) is 15.3. The number of fused-ring (bicyclic) bond motifs is 1. The number of pyridine rings is 3. The second kappa shape index (κ2) is 6.32. The summed E-state index contributed by atoms with van der Waals surface area (Å²) in [6.07, 6.45) is 4.42. The number of anilines is 1. The van der Waals surface area contributed by atoms with E-state index in [0.717, 1.165) is 45.4 Å². The van der Waals surface area contributed by atoms with Gasteiger partial charge in [-0.25, -0.2) is 9.97 Å². The van der Waals surface area contributed by atoms with Crippen molar-refractivity contribution in [1.82, 2.24) is 15.0 Å². The molecule has 122 valence electrons. The van der Waals surface area contributed by atoms with E-state index in [2.05, 4.69) is 41.2 Å². The lowest BCUT2D eigenvalue weighted by Gasteiger charge is -2.11. The Hall–Kier alpha value is -3.27. The van der Waals surface area contributed by atoms with Crippen LogP contribution >= 0.6 is 0 Å². The molecule has 0 amide bonds. The average molecular weight is 326 g/mol. The van der Waals surface area contributed by atoms with Crippen molar-refractivity contribution in [2.24, 2.45) is 0 Å². The van der Waals surface area contributed by atoms with Gasteiger partial charge in [-0.2, -0.15) is 0 Å². The van der Waals surface area contributed by atoms with E-state index in [1.807, 2.05) is 36.5 Å². The van der Waals surface area contributed by atoms with Gasteiger partial charge in [0.2, 0.25) is 0 Å². The highest BCUT2D eigenvalue weighted by molar-refractivity contribution is 5.95. The van der Waals surface area contributed by atoms with E-state index in [-0.39, 0.29) is 0 Å². The summed E-state index contributed by atoms with van der Waals surface area (Å²) < 4.78 is 0. The first-order valence-electron chi connectivity index (χ1n) is 8.32. The van der Waals surface area contributed by atoms with Crippen LogP contribution in [0, 0.1) is 0 Å². The van der Waals surface area contributed by atoms with Crippen molar-refractivity contribution < 1.29 is 0 Å². The second-order valence-electron chi connectivity index (χ2n) is 5.90. The normalized spacial score (nSPS) is 10.9. The van der Waals surface area contributed by atoms with Crippen molar-refractivity contribution in [2.45, 2.75) is 13.3 Å². The van der Waals surface area contributed by atoms with E-state index >= 15 is 0 Å². The second-order valence-corrected chi connectivity index (χ2v) is 5.90. The number of para-hydroxylation sites is 1. The van der Waals surface area contributed by atoms with Crippen molar-refractivity contribution in [3.63, 3.8) is 0 Å². The number of nitrogens with zero attached hydrogens (tertiary/aromatic N) is 3. The molecular formula is C21H18N4. The van der Waals surface area contributed by atoms with Crippen molar-refractivity contribution in [2.75, 3.05) is 5.73 Å². The van der Waals surface area contributed by atoms with Gasteiger partial charge in [0.1, 0.15) is 5.82 Å². The fourth-order valence-corrected chi connectivity index (χ4v) is 3.07. The molecule has 0 saturated heterocycles. The van der Waals surface area contributed by atoms with Crippen molar-refractivity contribution in [3.05, 3.63) is 72.7 Å². The van der Waals surface area contributed by atoms with Gasteiger partial charge in [0.15, 0.2) is 0 Å². The minimum atomic E-state index is 0.546. The van der Waals surface area contributed by atoms with Gasteiger partial charge in [0, 0.05) is 34.5 Å². The molecule has 0 radical (unpaired) electrons. The average Bonchev–Trinajstić information content (AvgIpc) is 2.68. The van der Waals surface area contributed by atoms with Gasteiger partial charge in [-0.3, -0.25) is 4.98 Å². The smallest absolute Gasteiger partial charge is 0.123 e. The van der Waals surface area contributed by atoms with E-state index in [4.69, 9.17) is 10.7 Å². The summed E-state index contributed by atoms with van der Waals surface area (Å²) in [5.74, 6) is 0.546. The molecule has 4 rings (SSSR count). The molecule has 4 nitrogen and oxygen atoms in total. The Labute approximate surface area is 146 Å². The van der Waals surface area contributed by atoms with Crippen LogP contribution in [-0.4, -0.2) is 15.0 Å². The van der Waals surface area contributed by atoms with Crippen LogP contribution in [-0.2, 0) is 6.42 Å². The zero-order chi connectivity index (χ0) is 17.2. The van der Waals surface area contributed by atoms with Crippen LogP contribution in [0.25, 0.3) is 33.3 Å². The molecule has 4 aromatic rings. The Balaban J connectivity index is 1.96. The Morgan fingerprint density at radius 2 is 1.80 bits per heavy atom. The fourth-order valence-electron chi connectivity index (χ4n) is 3.07. The first-order valence-corrected chi connectivity index (χ1v) is 8.32. The largest absolute Gasteiger partial charge is 0.384 e. The number of hydrogen-bond donors (Lipinski definition) is 1. The molecule has 0 aliphatic rings.